The van der Waals surface area contributed by atoms with Gasteiger partial charge in [0.2, 0.25) is 5.69 Å². The third-order valence-corrected chi connectivity index (χ3v) is 6.43. The van der Waals surface area contributed by atoms with Crippen molar-refractivity contribution in [2.24, 2.45) is 0 Å². The number of carbonyl (C=O) groups excluding carboxylic acids is 1. The molecule has 1 aliphatic carbocycles. The number of hydrogen-bond donors (Lipinski definition) is 3. The van der Waals surface area contributed by atoms with Crippen molar-refractivity contribution in [2.45, 2.75) is 51.2 Å². The van der Waals surface area contributed by atoms with E-state index in [0.29, 0.717) is 17.1 Å². The third-order valence-electron chi connectivity index (χ3n) is 6.43. The molecule has 0 atom stereocenters. The number of aliphatic hydroxyl groups is 1. The summed E-state index contributed by atoms with van der Waals surface area (Å²) in [4.78, 5) is 13.0. The molecule has 1 amide bonds. The summed E-state index contributed by atoms with van der Waals surface area (Å²) in [6.45, 7) is 3.61. The monoisotopic (exact) mass is 447 g/mol. The summed E-state index contributed by atoms with van der Waals surface area (Å²) >= 11 is 0. The first-order chi connectivity index (χ1) is 15.8. The van der Waals surface area contributed by atoms with Crippen LogP contribution in [0.4, 0.5) is 5.69 Å². The second-order valence-corrected chi connectivity index (χ2v) is 9.03. The summed E-state index contributed by atoms with van der Waals surface area (Å²) in [6, 6.07) is 10.8. The molecule has 0 bridgehead atoms. The Bertz CT molecular complexity index is 1320. The fourth-order valence-electron chi connectivity index (χ4n) is 4.42. The number of carbonyl (C=O) groups is 1. The Balaban J connectivity index is 1.52. The van der Waals surface area contributed by atoms with E-state index in [0.717, 1.165) is 41.3 Å². The quantitative estimate of drug-likeness (QED) is 0.329. The minimum Gasteiger partial charge on any atom is -0.390 e. The van der Waals surface area contributed by atoms with Crippen LogP contribution in [0.1, 0.15) is 54.8 Å². The fourth-order valence-corrected chi connectivity index (χ4v) is 4.42. The van der Waals surface area contributed by atoms with E-state index in [1.54, 1.807) is 42.2 Å². The Kier molecular flexibility index (Phi) is 5.13. The molecule has 5 rings (SSSR count). The largest absolute Gasteiger partial charge is 0.390 e. The van der Waals surface area contributed by atoms with Crippen LogP contribution in [-0.4, -0.2) is 41.4 Å². The molecule has 0 spiro atoms. The second kappa shape index (κ2) is 8.00. The second-order valence-electron chi connectivity index (χ2n) is 9.03. The first-order valence-corrected chi connectivity index (χ1v) is 11.1. The van der Waals surface area contributed by atoms with Crippen LogP contribution in [0.5, 0.6) is 0 Å². The first-order valence-electron chi connectivity index (χ1n) is 11.1. The lowest BCUT2D eigenvalue weighted by molar-refractivity contribution is -0.909. The number of anilines is 1. The van der Waals surface area contributed by atoms with Crippen LogP contribution in [0, 0.1) is 6.92 Å². The summed E-state index contributed by atoms with van der Waals surface area (Å²) in [5, 5.41) is 33.5. The Morgan fingerprint density at radius 3 is 2.76 bits per heavy atom. The van der Waals surface area contributed by atoms with Gasteiger partial charge in [-0.15, -0.1) is 0 Å². The smallest absolute Gasteiger partial charge is 0.325 e. The number of fused-ring (bicyclic) bond motifs is 1. The average Bonchev–Trinajstić information content (AvgIpc) is 3.44. The number of hydrogen-bond acceptors (Lipinski definition) is 5. The predicted molar refractivity (Wildman–Crippen MR) is 121 cm³/mol. The van der Waals surface area contributed by atoms with Crippen LogP contribution in [0.25, 0.3) is 16.6 Å². The van der Waals surface area contributed by atoms with Crippen molar-refractivity contribution in [1.82, 2.24) is 19.6 Å². The van der Waals surface area contributed by atoms with E-state index in [1.165, 1.54) is 0 Å². The fraction of sp³-hybridized carbons (Fsp3) is 0.333. The molecule has 1 aliphatic rings. The van der Waals surface area contributed by atoms with Crippen LogP contribution in [0.3, 0.4) is 0 Å². The van der Waals surface area contributed by atoms with Crippen molar-refractivity contribution in [3.05, 3.63) is 66.4 Å². The van der Waals surface area contributed by atoms with Crippen molar-refractivity contribution in [3.63, 3.8) is 0 Å². The maximum atomic E-state index is 13.0. The average molecular weight is 448 g/mol. The van der Waals surface area contributed by atoms with Gasteiger partial charge in [-0.1, -0.05) is 0 Å². The molecule has 9 nitrogen and oxygen atoms in total. The van der Waals surface area contributed by atoms with Gasteiger partial charge in [-0.05, 0) is 56.9 Å². The van der Waals surface area contributed by atoms with Crippen LogP contribution in [-0.2, 0) is 0 Å². The Morgan fingerprint density at radius 2 is 2.03 bits per heavy atom. The van der Waals surface area contributed by atoms with Gasteiger partial charge >= 0.3 is 11.6 Å². The molecule has 0 aliphatic heterocycles. The molecule has 3 aromatic heterocycles. The molecule has 3 heterocycles. The topological polar surface area (TPSA) is 109 Å². The highest BCUT2D eigenvalue weighted by molar-refractivity contribution is 6.04. The molecule has 1 fully saturated rings. The number of aromatic nitrogens is 5. The van der Waals surface area contributed by atoms with Crippen LogP contribution < -0.4 is 10.0 Å². The number of nitrogens with one attached hydrogen (secondary N) is 1. The van der Waals surface area contributed by atoms with E-state index >= 15 is 0 Å². The third kappa shape index (κ3) is 4.07. The van der Waals surface area contributed by atoms with E-state index in [1.807, 2.05) is 36.0 Å². The highest BCUT2D eigenvalue weighted by Gasteiger charge is 2.30. The van der Waals surface area contributed by atoms with E-state index in [9.17, 15) is 15.1 Å². The van der Waals surface area contributed by atoms with Crippen LogP contribution in [0.2, 0.25) is 0 Å². The summed E-state index contributed by atoms with van der Waals surface area (Å²) in [5.41, 5.74) is 2.11. The van der Waals surface area contributed by atoms with Gasteiger partial charge in [-0.25, -0.2) is 4.68 Å². The lowest BCUT2D eigenvalue weighted by Crippen LogP contribution is -2.42. The molecule has 0 saturated heterocycles. The van der Waals surface area contributed by atoms with Crippen LogP contribution in [0.15, 0.2) is 55.0 Å². The molecule has 1 saturated carbocycles. The Labute approximate surface area is 190 Å². The van der Waals surface area contributed by atoms with Gasteiger partial charge in [-0.3, -0.25) is 14.7 Å². The molecular weight excluding hydrogens is 420 g/mol. The zero-order chi connectivity index (χ0) is 23.2. The minimum absolute atomic E-state index is 0.131. The van der Waals surface area contributed by atoms with E-state index in [2.05, 4.69) is 10.4 Å². The Hall–Kier alpha value is -3.72. The van der Waals surface area contributed by atoms with E-state index in [-0.39, 0.29) is 11.7 Å². The van der Waals surface area contributed by atoms with E-state index in [4.69, 9.17) is 5.10 Å². The lowest BCUT2D eigenvalue weighted by atomic mass is 9.84. The number of nitrogens with zero attached hydrogens (tertiary/aromatic N) is 5. The first kappa shape index (κ1) is 21.1. The SMILES string of the molecule is Cc1cccc(C(=O)Nc2cc3cn([C@H]4CC[C@](C)(O)CC4)nc3cc2-n2cccn2)[n+]1O. The number of amides is 1. The number of aryl methyl sites for hydroxylation is 1. The van der Waals surface area contributed by atoms with Crippen molar-refractivity contribution in [2.75, 3.05) is 5.32 Å². The van der Waals surface area contributed by atoms with Gasteiger partial charge < -0.3 is 10.4 Å². The van der Waals surface area contributed by atoms with Gasteiger partial charge in [-0.2, -0.15) is 10.2 Å². The highest BCUT2D eigenvalue weighted by Crippen LogP contribution is 2.35. The summed E-state index contributed by atoms with van der Waals surface area (Å²) < 4.78 is 4.52. The van der Waals surface area contributed by atoms with E-state index < -0.39 is 11.5 Å². The maximum Gasteiger partial charge on any atom is 0.325 e. The number of rotatable bonds is 4. The molecule has 0 unspecified atom stereocenters. The van der Waals surface area contributed by atoms with Gasteiger partial charge in [0.1, 0.15) is 0 Å². The number of pyridine rings is 1. The van der Waals surface area contributed by atoms with Gasteiger partial charge in [0, 0.05) is 47.8 Å². The minimum atomic E-state index is -0.604. The molecule has 170 valence electrons. The van der Waals surface area contributed by atoms with Crippen molar-refractivity contribution in [1.29, 1.82) is 0 Å². The van der Waals surface area contributed by atoms with Crippen LogP contribution >= 0.6 is 0 Å². The normalized spacial score (nSPS) is 20.8. The highest BCUT2D eigenvalue weighted by atomic mass is 16.5. The zero-order valence-electron chi connectivity index (χ0n) is 18.6. The lowest BCUT2D eigenvalue weighted by Gasteiger charge is -2.33. The zero-order valence-corrected chi connectivity index (χ0v) is 18.6. The molecule has 1 aromatic carbocycles. The Morgan fingerprint density at radius 1 is 1.24 bits per heavy atom. The van der Waals surface area contributed by atoms with Gasteiger partial charge in [0.15, 0.2) is 0 Å². The predicted octanol–water partition coefficient (Wildman–Crippen LogP) is 3.17. The molecule has 0 radical (unpaired) electrons. The summed E-state index contributed by atoms with van der Waals surface area (Å²) in [7, 11) is 0. The summed E-state index contributed by atoms with van der Waals surface area (Å²) in [5.74, 6) is -0.434. The van der Waals surface area contributed by atoms with Gasteiger partial charge in [0.25, 0.3) is 0 Å². The summed E-state index contributed by atoms with van der Waals surface area (Å²) in [6.07, 6.45) is 8.67. The van der Waals surface area contributed by atoms with Crippen molar-refractivity contribution in [3.8, 4) is 5.69 Å². The molecule has 33 heavy (non-hydrogen) atoms. The molecular formula is C24H27N6O3+. The van der Waals surface area contributed by atoms with Crippen molar-refractivity contribution < 1.29 is 19.8 Å². The number of benzene rings is 1. The molecule has 4 aromatic rings. The van der Waals surface area contributed by atoms with Crippen molar-refractivity contribution >= 4 is 22.5 Å². The molecule has 3 N–H and O–H groups in total. The van der Waals surface area contributed by atoms with Gasteiger partial charge in [0.05, 0.1) is 28.5 Å². The maximum absolute atomic E-state index is 13.0. The standard InChI is InChI=1S/C24H26N6O3/c1-16-5-3-6-21(30(16)33)23(31)26-20-13-17-15-29(18-7-9-24(2,32)10-8-18)27-19(17)14-22(20)28-12-4-11-25-28/h3-6,11-15,18,32H,7-10H2,1-2H3,(H-,26,31,33)/p+1/t18-,24-. The molecule has 9 heteroatoms.